The molecule has 0 aliphatic carbocycles. The lowest BCUT2D eigenvalue weighted by atomic mass is 9.89. The summed E-state index contributed by atoms with van der Waals surface area (Å²) in [6.45, 7) is 1.69. The van der Waals surface area contributed by atoms with Gasteiger partial charge in [-0.25, -0.2) is 4.79 Å². The molecule has 2 aromatic rings. The molecule has 1 aliphatic heterocycles. The fraction of sp³-hybridized carbons (Fsp3) is 0.300. The first-order chi connectivity index (χ1) is 11.8. The van der Waals surface area contributed by atoms with Crippen molar-refractivity contribution in [3.05, 3.63) is 71.3 Å². The summed E-state index contributed by atoms with van der Waals surface area (Å²) in [7, 11) is 0. The number of nitrogens with zero attached hydrogens (tertiary/aromatic N) is 2. The van der Waals surface area contributed by atoms with Gasteiger partial charge in [0.25, 0.3) is 0 Å². The maximum absolute atomic E-state index is 12.2. The van der Waals surface area contributed by atoms with Crippen LogP contribution in [0, 0.1) is 11.3 Å². The van der Waals surface area contributed by atoms with Crippen LogP contribution in [0.15, 0.2) is 54.6 Å². The highest BCUT2D eigenvalue weighted by Gasteiger charge is 2.24. The number of nitriles is 1. The highest BCUT2D eigenvalue weighted by Crippen LogP contribution is 2.28. The molecule has 0 aromatic heterocycles. The van der Waals surface area contributed by atoms with E-state index in [1.807, 2.05) is 48.5 Å². The number of amides is 1. The first kappa shape index (κ1) is 16.1. The van der Waals surface area contributed by atoms with Crippen molar-refractivity contribution in [2.75, 3.05) is 13.1 Å². The maximum atomic E-state index is 12.2. The van der Waals surface area contributed by atoms with Crippen molar-refractivity contribution in [3.63, 3.8) is 0 Å². The molecule has 1 fully saturated rings. The van der Waals surface area contributed by atoms with Crippen LogP contribution >= 0.6 is 0 Å². The van der Waals surface area contributed by atoms with Crippen molar-refractivity contribution in [2.45, 2.75) is 25.4 Å². The fourth-order valence-electron chi connectivity index (χ4n) is 3.07. The number of likely N-dealkylation sites (tertiary alicyclic amines) is 1. The Morgan fingerprint density at radius 2 is 1.88 bits per heavy atom. The Labute approximate surface area is 142 Å². The second-order valence-electron chi connectivity index (χ2n) is 6.04. The van der Waals surface area contributed by atoms with Gasteiger partial charge in [-0.05, 0) is 42.0 Å². The molecule has 122 valence electrons. The third-order valence-corrected chi connectivity index (χ3v) is 4.45. The van der Waals surface area contributed by atoms with E-state index in [0.717, 1.165) is 18.4 Å². The molecule has 0 spiro atoms. The molecule has 0 radical (unpaired) electrons. The second kappa shape index (κ2) is 7.65. The van der Waals surface area contributed by atoms with E-state index in [4.69, 9.17) is 10.00 Å². The van der Waals surface area contributed by atoms with Gasteiger partial charge < -0.3 is 9.64 Å². The largest absolute Gasteiger partial charge is 0.445 e. The van der Waals surface area contributed by atoms with Gasteiger partial charge in [-0.2, -0.15) is 5.26 Å². The molecule has 0 bridgehead atoms. The van der Waals surface area contributed by atoms with Gasteiger partial charge in [0.05, 0.1) is 11.6 Å². The number of ether oxygens (including phenoxy) is 1. The molecule has 0 atom stereocenters. The Balaban J connectivity index is 1.51. The van der Waals surface area contributed by atoms with Crippen LogP contribution in [0.2, 0.25) is 0 Å². The molecule has 1 saturated heterocycles. The van der Waals surface area contributed by atoms with Crippen molar-refractivity contribution in [1.29, 1.82) is 5.26 Å². The van der Waals surface area contributed by atoms with Crippen molar-refractivity contribution in [3.8, 4) is 6.07 Å². The highest BCUT2D eigenvalue weighted by molar-refractivity contribution is 5.67. The van der Waals surface area contributed by atoms with Crippen LogP contribution in [0.25, 0.3) is 0 Å². The lowest BCUT2D eigenvalue weighted by molar-refractivity contribution is 0.0870. The molecule has 1 heterocycles. The minimum Gasteiger partial charge on any atom is -0.445 e. The normalized spacial score (nSPS) is 14.9. The van der Waals surface area contributed by atoms with Crippen molar-refractivity contribution < 1.29 is 9.53 Å². The van der Waals surface area contributed by atoms with E-state index in [1.54, 1.807) is 4.90 Å². The number of piperidine rings is 1. The highest BCUT2D eigenvalue weighted by atomic mass is 16.6. The average molecular weight is 320 g/mol. The standard InChI is InChI=1S/C20H20N2O2/c21-14-17-7-4-8-19(13-17)18-9-11-22(12-10-18)20(23)24-15-16-5-2-1-3-6-16/h1-8,13,18H,9-12,15H2. The molecule has 4 nitrogen and oxygen atoms in total. The minimum absolute atomic E-state index is 0.247. The van der Waals surface area contributed by atoms with Gasteiger partial charge in [-0.15, -0.1) is 0 Å². The molecular formula is C20H20N2O2. The third-order valence-electron chi connectivity index (χ3n) is 4.45. The summed E-state index contributed by atoms with van der Waals surface area (Å²) in [4.78, 5) is 13.9. The summed E-state index contributed by atoms with van der Waals surface area (Å²) in [6.07, 6.45) is 1.55. The van der Waals surface area contributed by atoms with E-state index in [-0.39, 0.29) is 6.09 Å². The van der Waals surface area contributed by atoms with Crippen LogP contribution in [-0.2, 0) is 11.3 Å². The van der Waals surface area contributed by atoms with E-state index in [0.29, 0.717) is 31.2 Å². The molecule has 24 heavy (non-hydrogen) atoms. The summed E-state index contributed by atoms with van der Waals surface area (Å²) in [5, 5.41) is 9.01. The third kappa shape index (κ3) is 3.94. The monoisotopic (exact) mass is 320 g/mol. The molecule has 3 rings (SSSR count). The lowest BCUT2D eigenvalue weighted by Gasteiger charge is -2.31. The van der Waals surface area contributed by atoms with Crippen molar-refractivity contribution in [2.24, 2.45) is 0 Å². The number of hydrogen-bond acceptors (Lipinski definition) is 3. The Hall–Kier alpha value is -2.80. The summed E-state index contributed by atoms with van der Waals surface area (Å²) < 4.78 is 5.39. The fourth-order valence-corrected chi connectivity index (χ4v) is 3.07. The summed E-state index contributed by atoms with van der Waals surface area (Å²) in [5.74, 6) is 0.400. The number of benzene rings is 2. The molecule has 2 aromatic carbocycles. The SMILES string of the molecule is N#Cc1cccc(C2CCN(C(=O)OCc3ccccc3)CC2)c1. The summed E-state index contributed by atoms with van der Waals surface area (Å²) in [5.41, 5.74) is 2.87. The van der Waals surface area contributed by atoms with Gasteiger partial charge >= 0.3 is 6.09 Å². The average Bonchev–Trinajstić information content (AvgIpc) is 2.67. The molecule has 0 saturated carbocycles. The van der Waals surface area contributed by atoms with Gasteiger partial charge in [-0.1, -0.05) is 42.5 Å². The van der Waals surface area contributed by atoms with E-state index in [2.05, 4.69) is 12.1 Å². The van der Waals surface area contributed by atoms with Crippen LogP contribution in [0.4, 0.5) is 4.79 Å². The minimum atomic E-state index is -0.247. The topological polar surface area (TPSA) is 53.3 Å². The summed E-state index contributed by atoms with van der Waals surface area (Å²) >= 11 is 0. The Morgan fingerprint density at radius 3 is 2.58 bits per heavy atom. The Morgan fingerprint density at radius 1 is 1.12 bits per heavy atom. The Bertz CT molecular complexity index is 729. The molecule has 0 N–H and O–H groups in total. The predicted molar refractivity (Wildman–Crippen MR) is 91.3 cm³/mol. The van der Waals surface area contributed by atoms with Crippen LogP contribution < -0.4 is 0 Å². The predicted octanol–water partition coefficient (Wildman–Crippen LogP) is 4.07. The van der Waals surface area contributed by atoms with Crippen LogP contribution in [-0.4, -0.2) is 24.1 Å². The van der Waals surface area contributed by atoms with Gasteiger partial charge in [0.15, 0.2) is 0 Å². The van der Waals surface area contributed by atoms with Gasteiger partial charge in [0, 0.05) is 13.1 Å². The van der Waals surface area contributed by atoms with Crippen molar-refractivity contribution in [1.82, 2.24) is 4.90 Å². The zero-order valence-electron chi connectivity index (χ0n) is 13.5. The second-order valence-corrected chi connectivity index (χ2v) is 6.04. The van der Waals surface area contributed by atoms with E-state index >= 15 is 0 Å². The van der Waals surface area contributed by atoms with Crippen LogP contribution in [0.1, 0.15) is 35.4 Å². The zero-order valence-corrected chi connectivity index (χ0v) is 13.5. The van der Waals surface area contributed by atoms with Crippen LogP contribution in [0.5, 0.6) is 0 Å². The molecule has 1 aliphatic rings. The van der Waals surface area contributed by atoms with Gasteiger partial charge in [0.2, 0.25) is 0 Å². The number of carbonyl (C=O) groups is 1. The van der Waals surface area contributed by atoms with Gasteiger partial charge in [0.1, 0.15) is 6.61 Å². The molecule has 0 unspecified atom stereocenters. The lowest BCUT2D eigenvalue weighted by Crippen LogP contribution is -2.38. The zero-order chi connectivity index (χ0) is 16.8. The first-order valence-corrected chi connectivity index (χ1v) is 8.22. The summed E-state index contributed by atoms with van der Waals surface area (Å²) in [6, 6.07) is 19.6. The molecule has 4 heteroatoms. The number of hydrogen-bond donors (Lipinski definition) is 0. The molecular weight excluding hydrogens is 300 g/mol. The van der Waals surface area contributed by atoms with Gasteiger partial charge in [-0.3, -0.25) is 0 Å². The van der Waals surface area contributed by atoms with E-state index < -0.39 is 0 Å². The number of carbonyl (C=O) groups excluding carboxylic acids is 1. The molecule has 1 amide bonds. The maximum Gasteiger partial charge on any atom is 0.410 e. The van der Waals surface area contributed by atoms with E-state index in [9.17, 15) is 4.79 Å². The Kier molecular flexibility index (Phi) is 5.12. The van der Waals surface area contributed by atoms with Crippen molar-refractivity contribution >= 4 is 6.09 Å². The number of rotatable bonds is 3. The first-order valence-electron chi connectivity index (χ1n) is 8.22. The van der Waals surface area contributed by atoms with Crippen LogP contribution in [0.3, 0.4) is 0 Å². The smallest absolute Gasteiger partial charge is 0.410 e. The quantitative estimate of drug-likeness (QED) is 0.856. The van der Waals surface area contributed by atoms with E-state index in [1.165, 1.54) is 5.56 Å².